The van der Waals surface area contributed by atoms with Crippen LogP contribution in [0.3, 0.4) is 0 Å². The van der Waals surface area contributed by atoms with E-state index in [1.54, 1.807) is 18.2 Å². The summed E-state index contributed by atoms with van der Waals surface area (Å²) in [6.07, 6.45) is 9.05. The molecule has 0 amide bonds. The third-order valence-electron chi connectivity index (χ3n) is 6.65. The van der Waals surface area contributed by atoms with Crippen LogP contribution in [0.1, 0.15) is 38.5 Å². The second kappa shape index (κ2) is 9.52. The van der Waals surface area contributed by atoms with Crippen LogP contribution in [0, 0.1) is 5.41 Å². The lowest BCUT2D eigenvalue weighted by molar-refractivity contribution is -0.152. The van der Waals surface area contributed by atoms with Crippen molar-refractivity contribution in [3.8, 4) is 0 Å². The standard InChI is InChI=1S/C20H29F3N2O3S2/c21-15-1-5-17(6-2-15)30(27)25-13-20(14-25)9-11-24(12-10-20)29(26)18-7-3-16(4-8-18)28-19(22)23/h1,3,5,7,15-19H,2,4,6,8-14H2. The number of rotatable bonds is 6. The van der Waals surface area contributed by atoms with Gasteiger partial charge in [0.15, 0.2) is 0 Å². The maximum atomic E-state index is 13.2. The van der Waals surface area contributed by atoms with Crippen molar-refractivity contribution in [3.63, 3.8) is 0 Å². The van der Waals surface area contributed by atoms with Gasteiger partial charge in [-0.15, -0.1) is 0 Å². The number of ether oxygens (including phenoxy) is 1. The van der Waals surface area contributed by atoms with Gasteiger partial charge in [-0.3, -0.25) is 0 Å². The van der Waals surface area contributed by atoms with Crippen LogP contribution < -0.4 is 0 Å². The summed E-state index contributed by atoms with van der Waals surface area (Å²) in [5.41, 5.74) is 0.135. The molecule has 0 bridgehead atoms. The molecule has 0 aromatic heterocycles. The molecule has 0 N–H and O–H groups in total. The molecule has 2 fully saturated rings. The van der Waals surface area contributed by atoms with E-state index in [-0.39, 0.29) is 15.9 Å². The predicted molar refractivity (Wildman–Crippen MR) is 111 cm³/mol. The summed E-state index contributed by atoms with van der Waals surface area (Å²) in [7, 11) is -2.28. The Bertz CT molecular complexity index is 720. The van der Waals surface area contributed by atoms with Crippen LogP contribution in [0.25, 0.3) is 0 Å². The molecular weight excluding hydrogens is 437 g/mol. The van der Waals surface area contributed by atoms with Crippen molar-refractivity contribution >= 4 is 22.0 Å². The van der Waals surface area contributed by atoms with Crippen molar-refractivity contribution in [2.45, 2.75) is 67.9 Å². The first-order chi connectivity index (χ1) is 14.3. The van der Waals surface area contributed by atoms with Crippen molar-refractivity contribution in [1.82, 2.24) is 8.61 Å². The zero-order valence-corrected chi connectivity index (χ0v) is 18.5. The number of allylic oxidation sites excluding steroid dienone is 1. The van der Waals surface area contributed by atoms with E-state index in [2.05, 4.69) is 4.74 Å². The molecule has 2 aliphatic heterocycles. The Morgan fingerprint density at radius 3 is 2.00 bits per heavy atom. The molecule has 5 nitrogen and oxygen atoms in total. The van der Waals surface area contributed by atoms with Gasteiger partial charge in [0.25, 0.3) is 0 Å². The van der Waals surface area contributed by atoms with Gasteiger partial charge < -0.3 is 4.74 Å². The zero-order chi connectivity index (χ0) is 21.3. The molecule has 0 aromatic rings. The average Bonchev–Trinajstić information content (AvgIpc) is 2.72. The number of hydrogen-bond donors (Lipinski definition) is 0. The van der Waals surface area contributed by atoms with E-state index in [9.17, 15) is 21.6 Å². The SMILES string of the molecule is O=S(C1C=CC(OC(F)F)CC1)N1CCC2(CC1)CN(S(=O)C1C=CC(F)CC1)C2. The largest absolute Gasteiger partial charge is 0.345 e. The van der Waals surface area contributed by atoms with E-state index < -0.39 is 40.9 Å². The first-order valence-corrected chi connectivity index (χ1v) is 12.9. The Kier molecular flexibility index (Phi) is 7.18. The third kappa shape index (κ3) is 5.09. The average molecular weight is 467 g/mol. The van der Waals surface area contributed by atoms with E-state index in [0.717, 1.165) is 39.0 Å². The molecule has 30 heavy (non-hydrogen) atoms. The van der Waals surface area contributed by atoms with Gasteiger partial charge in [0, 0.05) is 31.6 Å². The van der Waals surface area contributed by atoms with Gasteiger partial charge in [-0.1, -0.05) is 24.3 Å². The molecule has 4 aliphatic rings. The first kappa shape index (κ1) is 22.6. The summed E-state index contributed by atoms with van der Waals surface area (Å²) < 4.78 is 72.0. The number of hydrogen-bond acceptors (Lipinski definition) is 3. The van der Waals surface area contributed by atoms with E-state index in [0.29, 0.717) is 25.7 Å². The highest BCUT2D eigenvalue weighted by atomic mass is 32.2. The van der Waals surface area contributed by atoms with Crippen LogP contribution in [0.15, 0.2) is 24.3 Å². The molecule has 1 spiro atoms. The second-order valence-electron chi connectivity index (χ2n) is 8.73. The predicted octanol–water partition coefficient (Wildman–Crippen LogP) is 3.09. The lowest BCUT2D eigenvalue weighted by Gasteiger charge is -2.53. The lowest BCUT2D eigenvalue weighted by Crippen LogP contribution is -2.61. The smallest absolute Gasteiger partial charge is 0.315 e. The monoisotopic (exact) mass is 466 g/mol. The highest BCUT2D eigenvalue weighted by molar-refractivity contribution is 7.83. The molecule has 2 saturated heterocycles. The van der Waals surface area contributed by atoms with Gasteiger partial charge >= 0.3 is 6.61 Å². The molecule has 170 valence electrons. The highest BCUT2D eigenvalue weighted by Crippen LogP contribution is 2.42. The fraction of sp³-hybridized carbons (Fsp3) is 0.800. The Hall–Kier alpha value is -0.550. The summed E-state index contributed by atoms with van der Waals surface area (Å²) in [5.74, 6) is 0. The van der Waals surface area contributed by atoms with E-state index in [1.807, 2.05) is 8.61 Å². The molecule has 10 heteroatoms. The highest BCUT2D eigenvalue weighted by Gasteiger charge is 2.48. The summed E-state index contributed by atoms with van der Waals surface area (Å²) in [5, 5.41) is -0.239. The molecule has 6 atom stereocenters. The molecule has 0 aromatic carbocycles. The summed E-state index contributed by atoms with van der Waals surface area (Å²) in [6.45, 7) is 0.215. The molecule has 0 radical (unpaired) electrons. The fourth-order valence-corrected chi connectivity index (χ4v) is 8.02. The van der Waals surface area contributed by atoms with Crippen LogP contribution in [0.2, 0.25) is 0 Å². The minimum atomic E-state index is -2.79. The number of piperidine rings is 1. The van der Waals surface area contributed by atoms with Crippen LogP contribution in [-0.4, -0.2) is 72.6 Å². The Balaban J connectivity index is 1.23. The minimum absolute atomic E-state index is 0.0853. The minimum Gasteiger partial charge on any atom is -0.315 e. The van der Waals surface area contributed by atoms with E-state index in [4.69, 9.17) is 0 Å². The number of nitrogens with zero attached hydrogens (tertiary/aromatic N) is 2. The van der Waals surface area contributed by atoms with Gasteiger partial charge in [-0.05, 0) is 38.5 Å². The van der Waals surface area contributed by atoms with Crippen molar-refractivity contribution in [1.29, 1.82) is 0 Å². The van der Waals surface area contributed by atoms with Gasteiger partial charge in [0.1, 0.15) is 28.1 Å². The molecular formula is C20H29F3N2O3S2. The van der Waals surface area contributed by atoms with E-state index >= 15 is 0 Å². The summed E-state index contributed by atoms with van der Waals surface area (Å²) >= 11 is 0. The van der Waals surface area contributed by atoms with Crippen molar-refractivity contribution in [3.05, 3.63) is 24.3 Å². The number of alkyl halides is 3. The normalized spacial score (nSPS) is 36.7. The molecule has 6 unspecified atom stereocenters. The van der Waals surface area contributed by atoms with Crippen LogP contribution in [-0.2, 0) is 26.7 Å². The van der Waals surface area contributed by atoms with Crippen molar-refractivity contribution in [2.75, 3.05) is 26.2 Å². The van der Waals surface area contributed by atoms with Gasteiger partial charge in [0.2, 0.25) is 0 Å². The van der Waals surface area contributed by atoms with Crippen LogP contribution >= 0.6 is 0 Å². The van der Waals surface area contributed by atoms with Crippen LogP contribution in [0.4, 0.5) is 13.2 Å². The first-order valence-electron chi connectivity index (χ1n) is 10.6. The molecule has 0 saturated carbocycles. The Morgan fingerprint density at radius 2 is 1.47 bits per heavy atom. The molecule has 2 aliphatic carbocycles. The zero-order valence-electron chi connectivity index (χ0n) is 16.8. The van der Waals surface area contributed by atoms with E-state index in [1.165, 1.54) is 6.08 Å². The summed E-state index contributed by atoms with van der Waals surface area (Å²) in [4.78, 5) is 0. The third-order valence-corrected chi connectivity index (χ3v) is 10.1. The van der Waals surface area contributed by atoms with Crippen molar-refractivity contribution in [2.24, 2.45) is 5.41 Å². The Morgan fingerprint density at radius 1 is 0.867 bits per heavy atom. The molecule has 4 rings (SSSR count). The van der Waals surface area contributed by atoms with Gasteiger partial charge in [0.05, 0.1) is 16.6 Å². The van der Waals surface area contributed by atoms with Crippen LogP contribution in [0.5, 0.6) is 0 Å². The maximum Gasteiger partial charge on any atom is 0.345 e. The topological polar surface area (TPSA) is 49.9 Å². The maximum absolute atomic E-state index is 13.2. The number of halogens is 3. The summed E-state index contributed by atoms with van der Waals surface area (Å²) in [6, 6.07) is 0. The lowest BCUT2D eigenvalue weighted by atomic mass is 9.74. The molecule has 2 heterocycles. The van der Waals surface area contributed by atoms with Gasteiger partial charge in [-0.25, -0.2) is 21.4 Å². The second-order valence-corrected chi connectivity index (χ2v) is 12.1. The van der Waals surface area contributed by atoms with Gasteiger partial charge in [-0.2, -0.15) is 8.78 Å². The fourth-order valence-electron chi connectivity index (χ4n) is 4.78. The quantitative estimate of drug-likeness (QED) is 0.566. The van der Waals surface area contributed by atoms with Crippen molar-refractivity contribution < 1.29 is 26.3 Å². The Labute approximate surface area is 180 Å².